The van der Waals surface area contributed by atoms with E-state index in [0.717, 1.165) is 16.8 Å². The number of nitrogens with zero attached hydrogens (tertiary/aromatic N) is 2. The Morgan fingerprint density at radius 3 is 2.48 bits per heavy atom. The third-order valence-electron chi connectivity index (χ3n) is 6.51. The topological polar surface area (TPSA) is 48.2 Å². The number of thioether (sulfide) groups is 1. The molecule has 0 aliphatic heterocycles. The van der Waals surface area contributed by atoms with Crippen LogP contribution in [-0.4, -0.2) is 17.5 Å². The first-order valence-corrected chi connectivity index (χ1v) is 9.52. The molecule has 0 radical (unpaired) electrons. The van der Waals surface area contributed by atoms with Crippen LogP contribution in [0.25, 0.3) is 0 Å². The van der Waals surface area contributed by atoms with Crippen LogP contribution in [0, 0.1) is 28.1 Å². The third kappa shape index (κ3) is 2.65. The lowest BCUT2D eigenvalue weighted by Crippen LogP contribution is -2.46. The molecule has 1 aromatic rings. The largest absolute Gasteiger partial charge is 0.361 e. The van der Waals surface area contributed by atoms with E-state index in [-0.39, 0.29) is 0 Å². The second kappa shape index (κ2) is 5.87. The normalized spacial score (nSPS) is 31.9. The minimum absolute atomic E-state index is 0.346. The second-order valence-corrected chi connectivity index (χ2v) is 8.38. The summed E-state index contributed by atoms with van der Waals surface area (Å²) < 4.78 is 0. The van der Waals surface area contributed by atoms with Crippen LogP contribution in [0.4, 0.5) is 5.69 Å². The van der Waals surface area contributed by atoms with E-state index < -0.39 is 0 Å². The van der Waals surface area contributed by atoms with Crippen molar-refractivity contribution in [2.45, 2.75) is 46.1 Å². The van der Waals surface area contributed by atoms with Crippen molar-refractivity contribution in [3.05, 3.63) is 29.8 Å². The van der Waals surface area contributed by atoms with Crippen molar-refractivity contribution in [3.63, 3.8) is 0 Å². The molecular weight excluding hydrogens is 302 g/mol. The SMILES string of the molecule is CSC(=Nc1ccc(C#N)cc1)NC1CC2CCC1(C)C2(C)C. The van der Waals surface area contributed by atoms with E-state index in [1.54, 1.807) is 11.8 Å². The van der Waals surface area contributed by atoms with Gasteiger partial charge in [0.1, 0.15) is 0 Å². The van der Waals surface area contributed by atoms with Gasteiger partial charge in [0.25, 0.3) is 0 Å². The molecule has 23 heavy (non-hydrogen) atoms. The van der Waals surface area contributed by atoms with E-state index in [2.05, 4.69) is 38.4 Å². The molecule has 0 heterocycles. The molecule has 2 saturated carbocycles. The van der Waals surface area contributed by atoms with E-state index in [0.29, 0.717) is 22.4 Å². The summed E-state index contributed by atoms with van der Waals surface area (Å²) in [6, 6.07) is 10.1. The van der Waals surface area contributed by atoms with E-state index in [1.165, 1.54) is 19.3 Å². The Kier molecular flexibility index (Phi) is 4.18. The number of benzene rings is 1. The monoisotopic (exact) mass is 327 g/mol. The quantitative estimate of drug-likeness (QED) is 0.632. The van der Waals surface area contributed by atoms with Gasteiger partial charge < -0.3 is 5.32 Å². The lowest BCUT2D eigenvalue weighted by atomic mass is 9.69. The van der Waals surface area contributed by atoms with Gasteiger partial charge in [-0.3, -0.25) is 0 Å². The summed E-state index contributed by atoms with van der Waals surface area (Å²) in [6.45, 7) is 7.31. The third-order valence-corrected chi connectivity index (χ3v) is 7.11. The minimum atomic E-state index is 0.346. The average Bonchev–Trinajstić information content (AvgIpc) is 2.88. The van der Waals surface area contributed by atoms with Crippen molar-refractivity contribution in [2.75, 3.05) is 6.26 Å². The summed E-state index contributed by atoms with van der Waals surface area (Å²) in [7, 11) is 0. The fourth-order valence-corrected chi connectivity index (χ4v) is 4.89. The van der Waals surface area contributed by atoms with Gasteiger partial charge in [0, 0.05) is 6.04 Å². The van der Waals surface area contributed by atoms with E-state index in [4.69, 9.17) is 10.3 Å². The molecule has 3 rings (SSSR count). The summed E-state index contributed by atoms with van der Waals surface area (Å²) in [6.07, 6.45) is 5.98. The Morgan fingerprint density at radius 1 is 1.30 bits per heavy atom. The lowest BCUT2D eigenvalue weighted by Gasteiger charge is -2.39. The van der Waals surface area contributed by atoms with Crippen LogP contribution >= 0.6 is 11.8 Å². The van der Waals surface area contributed by atoms with Crippen LogP contribution in [0.2, 0.25) is 0 Å². The molecule has 2 aliphatic rings. The number of hydrogen-bond acceptors (Lipinski definition) is 3. The number of nitriles is 1. The van der Waals surface area contributed by atoms with Gasteiger partial charge >= 0.3 is 0 Å². The number of amidine groups is 1. The van der Waals surface area contributed by atoms with Crippen LogP contribution in [-0.2, 0) is 0 Å². The molecule has 3 nitrogen and oxygen atoms in total. The van der Waals surface area contributed by atoms with Crippen LogP contribution in [0.15, 0.2) is 29.3 Å². The summed E-state index contributed by atoms with van der Waals surface area (Å²) in [4.78, 5) is 4.74. The van der Waals surface area contributed by atoms with Gasteiger partial charge in [0.15, 0.2) is 5.17 Å². The molecule has 2 aliphatic carbocycles. The van der Waals surface area contributed by atoms with E-state index in [9.17, 15) is 0 Å². The Labute approximate surface area is 143 Å². The van der Waals surface area contributed by atoms with Gasteiger partial charge in [-0.05, 0) is 66.5 Å². The molecule has 4 heteroatoms. The first kappa shape index (κ1) is 16.4. The highest BCUT2D eigenvalue weighted by Crippen LogP contribution is 2.65. The predicted octanol–water partition coefficient (Wildman–Crippen LogP) is 4.71. The maximum absolute atomic E-state index is 8.88. The molecule has 0 saturated heterocycles. The van der Waals surface area contributed by atoms with Gasteiger partial charge in [-0.15, -0.1) is 0 Å². The molecule has 3 atom stereocenters. The Morgan fingerprint density at radius 2 is 2.00 bits per heavy atom. The maximum atomic E-state index is 8.88. The molecular formula is C19H25N3S. The first-order valence-electron chi connectivity index (χ1n) is 8.30. The highest BCUT2D eigenvalue weighted by Gasteiger charge is 2.61. The Balaban J connectivity index is 1.78. The standard InChI is InChI=1S/C19H25N3S/c1-18(2)14-9-10-19(18,3)16(11-14)22-17(23-4)21-15-7-5-13(12-20)6-8-15/h5-8,14,16H,9-11H2,1-4H3,(H,21,22). The van der Waals surface area contributed by atoms with Crippen molar-refractivity contribution in [2.24, 2.45) is 21.7 Å². The molecule has 0 aromatic heterocycles. The minimum Gasteiger partial charge on any atom is -0.361 e. The zero-order valence-electron chi connectivity index (χ0n) is 14.4. The van der Waals surface area contributed by atoms with Gasteiger partial charge in [0.05, 0.1) is 17.3 Å². The summed E-state index contributed by atoms with van der Waals surface area (Å²) >= 11 is 1.66. The molecule has 0 spiro atoms. The van der Waals surface area contributed by atoms with Gasteiger partial charge in [-0.25, -0.2) is 4.99 Å². The second-order valence-electron chi connectivity index (χ2n) is 7.59. The number of aliphatic imine (C=N–C) groups is 1. The molecule has 2 bridgehead atoms. The number of nitrogens with one attached hydrogen (secondary N) is 1. The van der Waals surface area contributed by atoms with Crippen LogP contribution in [0.1, 0.15) is 45.6 Å². The fourth-order valence-electron chi connectivity index (χ4n) is 4.44. The Bertz CT molecular complexity index is 656. The van der Waals surface area contributed by atoms with Crippen LogP contribution in [0.3, 0.4) is 0 Å². The first-order chi connectivity index (χ1) is 10.9. The molecule has 1 N–H and O–H groups in total. The highest BCUT2D eigenvalue weighted by atomic mass is 32.2. The lowest BCUT2D eigenvalue weighted by molar-refractivity contribution is 0.129. The van der Waals surface area contributed by atoms with Crippen molar-refractivity contribution in [1.29, 1.82) is 5.26 Å². The van der Waals surface area contributed by atoms with Crippen LogP contribution < -0.4 is 5.32 Å². The molecule has 1 aromatic carbocycles. The van der Waals surface area contributed by atoms with Gasteiger partial charge in [-0.2, -0.15) is 5.26 Å². The predicted molar refractivity (Wildman–Crippen MR) is 97.9 cm³/mol. The van der Waals surface area contributed by atoms with Crippen molar-refractivity contribution in [3.8, 4) is 6.07 Å². The molecule has 3 unspecified atom stereocenters. The van der Waals surface area contributed by atoms with Gasteiger partial charge in [0.2, 0.25) is 0 Å². The van der Waals surface area contributed by atoms with Crippen molar-refractivity contribution in [1.82, 2.24) is 5.32 Å². The van der Waals surface area contributed by atoms with E-state index >= 15 is 0 Å². The Hall–Kier alpha value is -1.47. The number of rotatable bonds is 2. The summed E-state index contributed by atoms with van der Waals surface area (Å²) in [5.41, 5.74) is 2.32. The molecule has 2 fully saturated rings. The highest BCUT2D eigenvalue weighted by molar-refractivity contribution is 8.13. The van der Waals surface area contributed by atoms with Gasteiger partial charge in [-0.1, -0.05) is 32.5 Å². The maximum Gasteiger partial charge on any atom is 0.161 e. The fraction of sp³-hybridized carbons (Fsp3) is 0.579. The smallest absolute Gasteiger partial charge is 0.161 e. The van der Waals surface area contributed by atoms with Crippen LogP contribution in [0.5, 0.6) is 0 Å². The number of fused-ring (bicyclic) bond motifs is 2. The molecule has 0 amide bonds. The van der Waals surface area contributed by atoms with E-state index in [1.807, 2.05) is 24.3 Å². The number of hydrogen-bond donors (Lipinski definition) is 1. The summed E-state index contributed by atoms with van der Waals surface area (Å²) in [5, 5.41) is 13.6. The molecule has 122 valence electrons. The van der Waals surface area contributed by atoms with Crippen molar-refractivity contribution >= 4 is 22.6 Å². The zero-order chi connectivity index (χ0) is 16.7. The average molecular weight is 327 g/mol. The zero-order valence-corrected chi connectivity index (χ0v) is 15.2. The summed E-state index contributed by atoms with van der Waals surface area (Å²) in [5.74, 6) is 0.822. The van der Waals surface area contributed by atoms with Crippen molar-refractivity contribution < 1.29 is 0 Å².